The fourth-order valence-corrected chi connectivity index (χ4v) is 4.22. The minimum Gasteiger partial charge on any atom is -0.479 e. The summed E-state index contributed by atoms with van der Waals surface area (Å²) in [6.07, 6.45) is -0.657. The molecule has 0 N–H and O–H groups in total. The maximum Gasteiger partial charge on any atom is 0.263 e. The molecule has 1 aromatic heterocycles. The molecule has 1 amide bonds. The van der Waals surface area contributed by atoms with E-state index in [0.717, 1.165) is 17.1 Å². The molecular weight excluding hydrogens is 471 g/mol. The molecule has 0 spiro atoms. The molecule has 1 fully saturated rings. The number of anilines is 1. The standard InChI is InChI=1S/C23H21Cl3N4O2/c1-15(32-21-8-6-16(24)14-19(21)26)23(31)30-12-10-29(11-13-30)22-9-7-20(27-28-22)17-4-2-3-5-18(17)25/h2-9,14-15H,10-13H2,1H3. The van der Waals surface area contributed by atoms with Gasteiger partial charge in [-0.3, -0.25) is 4.79 Å². The summed E-state index contributed by atoms with van der Waals surface area (Å²) >= 11 is 18.3. The van der Waals surface area contributed by atoms with Crippen LogP contribution in [0.1, 0.15) is 6.92 Å². The fourth-order valence-electron chi connectivity index (χ4n) is 3.53. The number of carbonyl (C=O) groups excluding carboxylic acids is 1. The molecule has 32 heavy (non-hydrogen) atoms. The van der Waals surface area contributed by atoms with Gasteiger partial charge in [0.2, 0.25) is 0 Å². The fraction of sp³-hybridized carbons (Fsp3) is 0.261. The minimum absolute atomic E-state index is 0.0872. The Morgan fingerprint density at radius 2 is 1.69 bits per heavy atom. The lowest BCUT2D eigenvalue weighted by molar-refractivity contribution is -0.138. The predicted molar refractivity (Wildman–Crippen MR) is 128 cm³/mol. The van der Waals surface area contributed by atoms with E-state index in [1.807, 2.05) is 36.4 Å². The van der Waals surface area contributed by atoms with Crippen molar-refractivity contribution in [3.63, 3.8) is 0 Å². The zero-order valence-electron chi connectivity index (χ0n) is 17.3. The summed E-state index contributed by atoms with van der Waals surface area (Å²) in [5.74, 6) is 1.12. The van der Waals surface area contributed by atoms with E-state index in [0.29, 0.717) is 47.0 Å². The minimum atomic E-state index is -0.657. The maximum atomic E-state index is 12.8. The molecule has 1 aliphatic heterocycles. The normalized spacial score (nSPS) is 14.9. The van der Waals surface area contributed by atoms with Crippen molar-refractivity contribution in [2.75, 3.05) is 31.1 Å². The number of hydrogen-bond donors (Lipinski definition) is 0. The second-order valence-electron chi connectivity index (χ2n) is 7.40. The number of rotatable bonds is 5. The first-order valence-electron chi connectivity index (χ1n) is 10.2. The number of benzene rings is 2. The Morgan fingerprint density at radius 1 is 0.938 bits per heavy atom. The highest BCUT2D eigenvalue weighted by molar-refractivity contribution is 6.35. The Morgan fingerprint density at radius 3 is 2.34 bits per heavy atom. The molecule has 1 unspecified atom stereocenters. The lowest BCUT2D eigenvalue weighted by atomic mass is 10.1. The number of nitrogens with zero attached hydrogens (tertiary/aromatic N) is 4. The zero-order valence-corrected chi connectivity index (χ0v) is 19.6. The quantitative estimate of drug-likeness (QED) is 0.490. The van der Waals surface area contributed by atoms with E-state index in [2.05, 4.69) is 15.1 Å². The van der Waals surface area contributed by atoms with Crippen molar-refractivity contribution in [2.24, 2.45) is 0 Å². The van der Waals surface area contributed by atoms with Gasteiger partial charge >= 0.3 is 0 Å². The Bertz CT molecular complexity index is 1100. The summed E-state index contributed by atoms with van der Waals surface area (Å²) in [5.41, 5.74) is 1.57. The number of hydrogen-bond acceptors (Lipinski definition) is 5. The van der Waals surface area contributed by atoms with Gasteiger partial charge in [0.1, 0.15) is 5.75 Å². The highest BCUT2D eigenvalue weighted by atomic mass is 35.5. The number of aromatic nitrogens is 2. The van der Waals surface area contributed by atoms with Crippen molar-refractivity contribution in [2.45, 2.75) is 13.0 Å². The first kappa shape index (κ1) is 22.6. The van der Waals surface area contributed by atoms with E-state index in [1.165, 1.54) is 0 Å². The highest BCUT2D eigenvalue weighted by Crippen LogP contribution is 2.29. The molecule has 2 heterocycles. The van der Waals surface area contributed by atoms with Gasteiger partial charge in [-0.05, 0) is 43.3 Å². The van der Waals surface area contributed by atoms with Crippen LogP contribution < -0.4 is 9.64 Å². The average Bonchev–Trinajstić information content (AvgIpc) is 2.81. The Balaban J connectivity index is 1.34. The molecule has 1 saturated heterocycles. The SMILES string of the molecule is CC(Oc1ccc(Cl)cc1Cl)C(=O)N1CCN(c2ccc(-c3ccccc3Cl)nn2)CC1. The van der Waals surface area contributed by atoms with Crippen LogP contribution in [0, 0.1) is 0 Å². The molecule has 0 aliphatic carbocycles. The third kappa shape index (κ3) is 5.09. The second kappa shape index (κ2) is 9.94. The molecule has 1 aliphatic rings. The number of amides is 1. The van der Waals surface area contributed by atoms with Gasteiger partial charge in [0.05, 0.1) is 15.7 Å². The molecule has 4 rings (SSSR count). The lowest BCUT2D eigenvalue weighted by Gasteiger charge is -2.36. The molecule has 2 aromatic carbocycles. The van der Waals surface area contributed by atoms with E-state index in [1.54, 1.807) is 30.0 Å². The zero-order chi connectivity index (χ0) is 22.7. The number of piperazine rings is 1. The summed E-state index contributed by atoms with van der Waals surface area (Å²) < 4.78 is 5.76. The van der Waals surface area contributed by atoms with Crippen molar-refractivity contribution < 1.29 is 9.53 Å². The van der Waals surface area contributed by atoms with Crippen LogP contribution in [0.3, 0.4) is 0 Å². The third-order valence-electron chi connectivity index (χ3n) is 5.26. The molecule has 6 nitrogen and oxygen atoms in total. The van der Waals surface area contributed by atoms with Crippen molar-refractivity contribution in [3.05, 3.63) is 69.7 Å². The second-order valence-corrected chi connectivity index (χ2v) is 8.65. The molecule has 166 valence electrons. The Kier molecular flexibility index (Phi) is 7.04. The van der Waals surface area contributed by atoms with Gasteiger partial charge in [-0.1, -0.05) is 53.0 Å². The first-order valence-corrected chi connectivity index (χ1v) is 11.3. The van der Waals surface area contributed by atoms with Crippen molar-refractivity contribution in [1.29, 1.82) is 0 Å². The van der Waals surface area contributed by atoms with Crippen LogP contribution in [-0.4, -0.2) is 53.3 Å². The smallest absolute Gasteiger partial charge is 0.263 e. The Labute approximate surface area is 201 Å². The van der Waals surface area contributed by atoms with E-state index < -0.39 is 6.10 Å². The molecule has 1 atom stereocenters. The summed E-state index contributed by atoms with van der Waals surface area (Å²) in [6.45, 7) is 4.16. The van der Waals surface area contributed by atoms with Crippen LogP contribution in [0.5, 0.6) is 5.75 Å². The summed E-state index contributed by atoms with van der Waals surface area (Å²) in [4.78, 5) is 16.7. The van der Waals surface area contributed by atoms with Gasteiger partial charge in [0.25, 0.3) is 5.91 Å². The average molecular weight is 492 g/mol. The van der Waals surface area contributed by atoms with Gasteiger partial charge in [0.15, 0.2) is 11.9 Å². The van der Waals surface area contributed by atoms with Crippen molar-refractivity contribution in [3.8, 4) is 17.0 Å². The molecule has 9 heteroatoms. The van der Waals surface area contributed by atoms with Gasteiger partial charge in [-0.25, -0.2) is 0 Å². The first-order chi connectivity index (χ1) is 15.4. The maximum absolute atomic E-state index is 12.8. The highest BCUT2D eigenvalue weighted by Gasteiger charge is 2.27. The number of halogens is 3. The summed E-state index contributed by atoms with van der Waals surface area (Å²) in [6, 6.07) is 16.3. The van der Waals surface area contributed by atoms with Crippen LogP contribution in [0.25, 0.3) is 11.3 Å². The molecule has 0 radical (unpaired) electrons. The van der Waals surface area contributed by atoms with Gasteiger partial charge in [0, 0.05) is 36.8 Å². The summed E-state index contributed by atoms with van der Waals surface area (Å²) in [5, 5.41) is 10.2. The van der Waals surface area contributed by atoms with Crippen LogP contribution in [0.15, 0.2) is 54.6 Å². The van der Waals surface area contributed by atoms with Crippen LogP contribution >= 0.6 is 34.8 Å². The van der Waals surface area contributed by atoms with Gasteiger partial charge in [-0.2, -0.15) is 0 Å². The largest absolute Gasteiger partial charge is 0.479 e. The summed E-state index contributed by atoms with van der Waals surface area (Å²) in [7, 11) is 0. The van der Waals surface area contributed by atoms with E-state index in [-0.39, 0.29) is 5.91 Å². The van der Waals surface area contributed by atoms with Gasteiger partial charge in [-0.15, -0.1) is 10.2 Å². The predicted octanol–water partition coefficient (Wildman–Crippen LogP) is 5.22. The van der Waals surface area contributed by atoms with Gasteiger partial charge < -0.3 is 14.5 Å². The lowest BCUT2D eigenvalue weighted by Crippen LogP contribution is -2.52. The molecule has 0 bridgehead atoms. The van der Waals surface area contributed by atoms with E-state index in [4.69, 9.17) is 39.5 Å². The monoisotopic (exact) mass is 490 g/mol. The van der Waals surface area contributed by atoms with Crippen LogP contribution in [-0.2, 0) is 4.79 Å². The van der Waals surface area contributed by atoms with Crippen molar-refractivity contribution >= 4 is 46.5 Å². The van der Waals surface area contributed by atoms with Crippen LogP contribution in [0.4, 0.5) is 5.82 Å². The topological polar surface area (TPSA) is 58.6 Å². The third-order valence-corrected chi connectivity index (χ3v) is 6.12. The number of carbonyl (C=O) groups is 1. The molecular formula is C23H21Cl3N4O2. The molecule has 0 saturated carbocycles. The van der Waals surface area contributed by atoms with Crippen LogP contribution in [0.2, 0.25) is 15.1 Å². The van der Waals surface area contributed by atoms with E-state index >= 15 is 0 Å². The Hall–Kier alpha value is -2.54. The number of ether oxygens (including phenoxy) is 1. The van der Waals surface area contributed by atoms with E-state index in [9.17, 15) is 4.79 Å². The molecule has 3 aromatic rings. The van der Waals surface area contributed by atoms with Crippen molar-refractivity contribution in [1.82, 2.24) is 15.1 Å².